The van der Waals surface area contributed by atoms with Gasteiger partial charge in [0, 0.05) is 26.2 Å². The molecule has 0 N–H and O–H groups in total. The summed E-state index contributed by atoms with van der Waals surface area (Å²) in [7, 11) is -3.46. The molecule has 8 nitrogen and oxygen atoms in total. The van der Waals surface area contributed by atoms with Crippen molar-refractivity contribution in [3.8, 4) is 0 Å². The Labute approximate surface area is 154 Å². The lowest BCUT2D eigenvalue weighted by molar-refractivity contribution is -0.133. The van der Waals surface area contributed by atoms with Gasteiger partial charge in [0.2, 0.25) is 5.91 Å². The van der Waals surface area contributed by atoms with Crippen LogP contribution in [0.25, 0.3) is 11.0 Å². The average molecular weight is 391 g/mol. The minimum Gasteiger partial charge on any atom is -0.338 e. The van der Waals surface area contributed by atoms with Crippen LogP contribution in [0.2, 0.25) is 0 Å². The van der Waals surface area contributed by atoms with Crippen molar-refractivity contribution >= 4 is 38.3 Å². The van der Waals surface area contributed by atoms with E-state index < -0.39 is 10.0 Å². The van der Waals surface area contributed by atoms with Crippen molar-refractivity contribution in [2.75, 3.05) is 26.2 Å². The molecule has 10 heteroatoms. The summed E-state index contributed by atoms with van der Waals surface area (Å²) in [6.07, 6.45) is 0. The number of sulfonamides is 1. The summed E-state index contributed by atoms with van der Waals surface area (Å²) in [5.74, 6) is -0.0891. The highest BCUT2D eigenvalue weighted by Gasteiger charge is 2.30. The number of hydrogen-bond acceptors (Lipinski definition) is 6. The van der Waals surface area contributed by atoms with Gasteiger partial charge in [-0.25, -0.2) is 13.1 Å². The smallest absolute Gasteiger partial charge is 0.252 e. The van der Waals surface area contributed by atoms with Crippen molar-refractivity contribution in [3.05, 3.63) is 41.8 Å². The Hall–Kier alpha value is -2.30. The molecule has 1 fully saturated rings. The van der Waals surface area contributed by atoms with Crippen molar-refractivity contribution in [2.45, 2.75) is 10.8 Å². The van der Waals surface area contributed by atoms with Gasteiger partial charge in [0.05, 0.1) is 5.52 Å². The number of hydrogen-bond donors (Lipinski definition) is 0. The second kappa shape index (κ2) is 6.78. The molecule has 26 heavy (non-hydrogen) atoms. The number of para-hydroxylation sites is 1. The minimum absolute atomic E-state index is 0.0891. The fourth-order valence-corrected chi connectivity index (χ4v) is 5.54. The third kappa shape index (κ3) is 3.11. The topological polar surface area (TPSA) is 88.4 Å². The van der Waals surface area contributed by atoms with Crippen LogP contribution in [0.15, 0.2) is 46.0 Å². The van der Waals surface area contributed by atoms with E-state index in [1.807, 2.05) is 24.3 Å². The number of carbonyl (C=O) groups excluding carboxylic acids is 1. The molecule has 3 aromatic rings. The number of nitrogens with zero attached hydrogens (tertiary/aromatic N) is 5. The summed E-state index contributed by atoms with van der Waals surface area (Å²) in [5.41, 5.74) is 1.55. The van der Waals surface area contributed by atoms with E-state index in [1.54, 1.807) is 27.1 Å². The predicted octanol–water partition coefficient (Wildman–Crippen LogP) is 1.03. The van der Waals surface area contributed by atoms with Crippen molar-refractivity contribution in [2.24, 2.45) is 0 Å². The van der Waals surface area contributed by atoms with Crippen LogP contribution in [0, 0.1) is 0 Å². The van der Waals surface area contributed by atoms with Crippen molar-refractivity contribution in [1.29, 1.82) is 0 Å². The largest absolute Gasteiger partial charge is 0.338 e. The van der Waals surface area contributed by atoms with E-state index >= 15 is 0 Å². The molecular formula is C16H17N5O3S2. The van der Waals surface area contributed by atoms with Crippen LogP contribution in [0.3, 0.4) is 0 Å². The zero-order valence-corrected chi connectivity index (χ0v) is 15.5. The molecule has 1 aliphatic heterocycles. The Balaban J connectivity index is 1.41. The lowest BCUT2D eigenvalue weighted by Gasteiger charge is -2.33. The first kappa shape index (κ1) is 17.1. The molecule has 1 saturated heterocycles. The number of thiophene rings is 1. The van der Waals surface area contributed by atoms with Gasteiger partial charge in [-0.1, -0.05) is 23.4 Å². The molecule has 4 rings (SSSR count). The summed E-state index contributed by atoms with van der Waals surface area (Å²) >= 11 is 1.21. The molecule has 3 heterocycles. The van der Waals surface area contributed by atoms with E-state index in [-0.39, 0.29) is 12.5 Å². The SMILES string of the molecule is O=C(Cn1nnc2ccccc21)N1CCN(S(=O)(=O)c2cccs2)CC1. The molecule has 0 spiro atoms. The molecule has 0 atom stereocenters. The molecule has 0 radical (unpaired) electrons. The van der Waals surface area contributed by atoms with Crippen LogP contribution in [0.4, 0.5) is 0 Å². The van der Waals surface area contributed by atoms with Gasteiger partial charge in [-0.15, -0.1) is 16.4 Å². The maximum Gasteiger partial charge on any atom is 0.252 e. The highest BCUT2D eigenvalue weighted by Crippen LogP contribution is 2.22. The van der Waals surface area contributed by atoms with Gasteiger partial charge < -0.3 is 4.90 Å². The minimum atomic E-state index is -3.46. The summed E-state index contributed by atoms with van der Waals surface area (Å²) in [6, 6.07) is 10.8. The summed E-state index contributed by atoms with van der Waals surface area (Å²) in [6.45, 7) is 1.43. The molecule has 1 aromatic carbocycles. The van der Waals surface area contributed by atoms with Gasteiger partial charge in [0.1, 0.15) is 16.3 Å². The van der Waals surface area contributed by atoms with Crippen LogP contribution >= 0.6 is 11.3 Å². The Morgan fingerprint density at radius 2 is 1.85 bits per heavy atom. The Morgan fingerprint density at radius 3 is 2.58 bits per heavy atom. The molecule has 136 valence electrons. The predicted molar refractivity (Wildman–Crippen MR) is 97.2 cm³/mol. The van der Waals surface area contributed by atoms with E-state index in [2.05, 4.69) is 10.3 Å². The third-order valence-electron chi connectivity index (χ3n) is 4.39. The normalized spacial score (nSPS) is 16.2. The molecule has 1 aliphatic rings. The monoisotopic (exact) mass is 391 g/mol. The zero-order valence-electron chi connectivity index (χ0n) is 13.9. The van der Waals surface area contributed by atoms with Gasteiger partial charge in [0.15, 0.2) is 0 Å². The lowest BCUT2D eigenvalue weighted by atomic mass is 10.3. The first-order chi connectivity index (χ1) is 12.6. The number of aromatic nitrogens is 3. The van der Waals surface area contributed by atoms with Crippen LogP contribution in [0.5, 0.6) is 0 Å². The van der Waals surface area contributed by atoms with Crippen LogP contribution in [-0.2, 0) is 21.4 Å². The number of benzene rings is 1. The van der Waals surface area contributed by atoms with E-state index in [1.165, 1.54) is 15.6 Å². The fourth-order valence-electron chi connectivity index (χ4n) is 2.98. The zero-order chi connectivity index (χ0) is 18.1. The maximum absolute atomic E-state index is 12.6. The Kier molecular flexibility index (Phi) is 4.47. The maximum atomic E-state index is 12.6. The number of amides is 1. The molecule has 0 aliphatic carbocycles. The summed E-state index contributed by atoms with van der Waals surface area (Å²) in [5, 5.41) is 9.82. The second-order valence-electron chi connectivity index (χ2n) is 5.95. The van der Waals surface area contributed by atoms with Gasteiger partial charge >= 0.3 is 0 Å². The molecule has 2 aromatic heterocycles. The second-order valence-corrected chi connectivity index (χ2v) is 9.07. The van der Waals surface area contributed by atoms with Crippen LogP contribution in [0.1, 0.15) is 0 Å². The number of piperazine rings is 1. The van der Waals surface area contributed by atoms with Crippen molar-refractivity contribution < 1.29 is 13.2 Å². The van der Waals surface area contributed by atoms with E-state index in [4.69, 9.17) is 0 Å². The lowest BCUT2D eigenvalue weighted by Crippen LogP contribution is -2.51. The Bertz CT molecular complexity index is 1020. The number of carbonyl (C=O) groups is 1. The highest BCUT2D eigenvalue weighted by molar-refractivity contribution is 7.91. The summed E-state index contributed by atoms with van der Waals surface area (Å²) < 4.78 is 28.4. The number of rotatable bonds is 4. The Morgan fingerprint density at radius 1 is 1.08 bits per heavy atom. The van der Waals surface area contributed by atoms with Gasteiger partial charge in [-0.3, -0.25) is 4.79 Å². The van der Waals surface area contributed by atoms with Crippen molar-refractivity contribution in [1.82, 2.24) is 24.2 Å². The van der Waals surface area contributed by atoms with Crippen LogP contribution < -0.4 is 0 Å². The van der Waals surface area contributed by atoms with Crippen molar-refractivity contribution in [3.63, 3.8) is 0 Å². The highest BCUT2D eigenvalue weighted by atomic mass is 32.2. The average Bonchev–Trinajstić information content (AvgIpc) is 3.33. The molecule has 0 saturated carbocycles. The molecule has 0 unspecified atom stereocenters. The van der Waals surface area contributed by atoms with E-state index in [0.29, 0.717) is 30.4 Å². The van der Waals surface area contributed by atoms with Gasteiger partial charge in [0.25, 0.3) is 10.0 Å². The van der Waals surface area contributed by atoms with E-state index in [9.17, 15) is 13.2 Å². The van der Waals surface area contributed by atoms with Crippen LogP contribution in [-0.4, -0.2) is 64.7 Å². The first-order valence-electron chi connectivity index (χ1n) is 8.15. The summed E-state index contributed by atoms with van der Waals surface area (Å²) in [4.78, 5) is 14.2. The fraction of sp³-hybridized carbons (Fsp3) is 0.312. The molecule has 1 amide bonds. The van der Waals surface area contributed by atoms with Gasteiger partial charge in [-0.2, -0.15) is 4.31 Å². The number of fused-ring (bicyclic) bond motifs is 1. The first-order valence-corrected chi connectivity index (χ1v) is 10.5. The third-order valence-corrected chi connectivity index (χ3v) is 7.66. The standard InChI is InChI=1S/C16H17N5O3S2/c22-15(12-21-14-5-2-1-4-13(14)17-18-21)19-7-9-20(10-8-19)26(23,24)16-6-3-11-25-16/h1-6,11H,7-10,12H2. The molecular weight excluding hydrogens is 374 g/mol. The quantitative estimate of drug-likeness (QED) is 0.663. The van der Waals surface area contributed by atoms with Gasteiger partial charge in [-0.05, 0) is 23.6 Å². The van der Waals surface area contributed by atoms with E-state index in [0.717, 1.165) is 11.0 Å². The molecule has 0 bridgehead atoms.